The van der Waals surface area contributed by atoms with Gasteiger partial charge in [-0.25, -0.2) is 4.98 Å². The molecule has 7 heteroatoms. The van der Waals surface area contributed by atoms with Gasteiger partial charge in [0.25, 0.3) is 5.91 Å². The van der Waals surface area contributed by atoms with Gasteiger partial charge in [-0.05, 0) is 31.9 Å². The van der Waals surface area contributed by atoms with E-state index in [1.807, 2.05) is 6.92 Å². The Balaban J connectivity index is 1.56. The van der Waals surface area contributed by atoms with Crippen molar-refractivity contribution >= 4 is 5.91 Å². The fraction of sp³-hybridized carbons (Fsp3) is 0.368. The Hall–Kier alpha value is -3.14. The molecular weight excluding hydrogens is 332 g/mol. The van der Waals surface area contributed by atoms with Crippen LogP contribution in [-0.4, -0.2) is 35.1 Å². The van der Waals surface area contributed by atoms with Crippen molar-refractivity contribution in [1.29, 1.82) is 5.26 Å². The molecule has 0 aliphatic heterocycles. The largest absolute Gasteiger partial charge is 0.495 e. The van der Waals surface area contributed by atoms with Gasteiger partial charge in [0.05, 0.1) is 24.6 Å². The number of carbonyl (C=O) groups is 1. The zero-order valence-electron chi connectivity index (χ0n) is 14.7. The van der Waals surface area contributed by atoms with Crippen molar-refractivity contribution in [3.05, 3.63) is 47.5 Å². The highest BCUT2D eigenvalue weighted by atomic mass is 16.5. The molecule has 134 valence electrons. The molecule has 2 atom stereocenters. The molecular formula is C19H20N4O3. The minimum atomic E-state index is -0.219. The quantitative estimate of drug-likeness (QED) is 0.887. The zero-order valence-corrected chi connectivity index (χ0v) is 14.7. The van der Waals surface area contributed by atoms with E-state index in [2.05, 4.69) is 21.4 Å². The summed E-state index contributed by atoms with van der Waals surface area (Å²) in [5.74, 6) is 0.927. The first-order valence-corrected chi connectivity index (χ1v) is 8.43. The number of aromatic nitrogens is 2. The third-order valence-corrected chi connectivity index (χ3v) is 4.33. The number of rotatable bonds is 5. The summed E-state index contributed by atoms with van der Waals surface area (Å²) in [6, 6.07) is 7.27. The van der Waals surface area contributed by atoms with Gasteiger partial charge in [-0.2, -0.15) is 5.26 Å². The van der Waals surface area contributed by atoms with Crippen molar-refractivity contribution in [2.75, 3.05) is 7.11 Å². The Morgan fingerprint density at radius 3 is 2.85 bits per heavy atom. The fourth-order valence-electron chi connectivity index (χ4n) is 2.98. The maximum Gasteiger partial charge on any atom is 0.271 e. The van der Waals surface area contributed by atoms with Crippen LogP contribution >= 0.6 is 0 Å². The second-order valence-corrected chi connectivity index (χ2v) is 6.24. The Kier molecular flexibility index (Phi) is 5.32. The highest BCUT2D eigenvalue weighted by molar-refractivity contribution is 5.92. The highest BCUT2D eigenvalue weighted by Crippen LogP contribution is 2.29. The predicted octanol–water partition coefficient (Wildman–Crippen LogP) is 2.40. The summed E-state index contributed by atoms with van der Waals surface area (Å²) >= 11 is 0. The molecule has 0 saturated heterocycles. The molecule has 26 heavy (non-hydrogen) atoms. The number of ether oxygens (including phenoxy) is 2. The number of methoxy groups -OCH3 is 1. The van der Waals surface area contributed by atoms with Crippen LogP contribution in [0.4, 0.5) is 0 Å². The molecule has 0 unspecified atom stereocenters. The van der Waals surface area contributed by atoms with Crippen LogP contribution in [0.15, 0.2) is 30.6 Å². The number of carbonyl (C=O) groups excluding carboxylic acids is 1. The van der Waals surface area contributed by atoms with E-state index in [0.717, 1.165) is 18.5 Å². The molecule has 1 aromatic carbocycles. The van der Waals surface area contributed by atoms with E-state index in [-0.39, 0.29) is 18.1 Å². The first-order valence-electron chi connectivity index (χ1n) is 8.43. The van der Waals surface area contributed by atoms with Gasteiger partial charge in [-0.1, -0.05) is 0 Å². The van der Waals surface area contributed by atoms with Crippen molar-refractivity contribution in [3.8, 4) is 17.6 Å². The summed E-state index contributed by atoms with van der Waals surface area (Å²) < 4.78 is 11.2. The molecule has 2 aromatic rings. The molecule has 1 heterocycles. The van der Waals surface area contributed by atoms with Gasteiger partial charge in [0.1, 0.15) is 29.4 Å². The molecule has 1 saturated carbocycles. The second-order valence-electron chi connectivity index (χ2n) is 6.24. The summed E-state index contributed by atoms with van der Waals surface area (Å²) in [5, 5.41) is 12.0. The van der Waals surface area contributed by atoms with Crippen LogP contribution in [0.5, 0.6) is 11.5 Å². The number of amides is 1. The molecule has 1 N–H and O–H groups in total. The SMILES string of the molecule is COc1cc(O[C@H]2CC[C@@H](NC(=O)c3cnc(C)cn3)C2)ccc1C#N. The Morgan fingerprint density at radius 1 is 1.31 bits per heavy atom. The van der Waals surface area contributed by atoms with Crippen molar-refractivity contribution in [2.24, 2.45) is 0 Å². The summed E-state index contributed by atoms with van der Waals surface area (Å²) in [6.07, 6.45) is 5.45. The lowest BCUT2D eigenvalue weighted by Crippen LogP contribution is -2.34. The van der Waals surface area contributed by atoms with Gasteiger partial charge in [0.15, 0.2) is 0 Å². The summed E-state index contributed by atoms with van der Waals surface area (Å²) in [6.45, 7) is 1.83. The Labute approximate surface area is 152 Å². The number of nitrogens with zero attached hydrogens (tertiary/aromatic N) is 3. The predicted molar refractivity (Wildman–Crippen MR) is 94.0 cm³/mol. The van der Waals surface area contributed by atoms with Crippen molar-refractivity contribution in [2.45, 2.75) is 38.3 Å². The van der Waals surface area contributed by atoms with Gasteiger partial charge < -0.3 is 14.8 Å². The first-order chi connectivity index (χ1) is 12.6. The summed E-state index contributed by atoms with van der Waals surface area (Å²) in [4.78, 5) is 20.4. The molecule has 7 nitrogen and oxygen atoms in total. The molecule has 0 radical (unpaired) electrons. The second kappa shape index (κ2) is 7.83. The van der Waals surface area contributed by atoms with Crippen LogP contribution in [0.1, 0.15) is 41.0 Å². The van der Waals surface area contributed by atoms with E-state index >= 15 is 0 Å². The third kappa shape index (κ3) is 4.09. The van der Waals surface area contributed by atoms with Gasteiger partial charge >= 0.3 is 0 Å². The number of nitrogens with one attached hydrogen (secondary N) is 1. The van der Waals surface area contributed by atoms with Crippen LogP contribution < -0.4 is 14.8 Å². The van der Waals surface area contributed by atoms with Crippen LogP contribution in [0.2, 0.25) is 0 Å². The Morgan fingerprint density at radius 2 is 2.15 bits per heavy atom. The normalized spacial score (nSPS) is 18.8. The Bertz CT molecular complexity index is 830. The van der Waals surface area contributed by atoms with Gasteiger partial charge in [-0.3, -0.25) is 9.78 Å². The van der Waals surface area contributed by atoms with Gasteiger partial charge in [0.2, 0.25) is 0 Å². The summed E-state index contributed by atoms with van der Waals surface area (Å²) in [7, 11) is 1.52. The smallest absolute Gasteiger partial charge is 0.271 e. The molecule has 1 aliphatic carbocycles. The minimum Gasteiger partial charge on any atom is -0.495 e. The van der Waals surface area contributed by atoms with Crippen molar-refractivity contribution in [3.63, 3.8) is 0 Å². The van der Waals surface area contributed by atoms with Crippen molar-refractivity contribution < 1.29 is 14.3 Å². The molecule has 1 aromatic heterocycles. The molecule has 0 bridgehead atoms. The molecule has 1 aliphatic rings. The third-order valence-electron chi connectivity index (χ3n) is 4.33. The topological polar surface area (TPSA) is 97.1 Å². The zero-order chi connectivity index (χ0) is 18.5. The number of hydrogen-bond acceptors (Lipinski definition) is 6. The highest BCUT2D eigenvalue weighted by Gasteiger charge is 2.28. The fourth-order valence-corrected chi connectivity index (χ4v) is 2.98. The lowest BCUT2D eigenvalue weighted by molar-refractivity contribution is 0.0929. The number of benzene rings is 1. The maximum absolute atomic E-state index is 12.2. The molecule has 1 amide bonds. The lowest BCUT2D eigenvalue weighted by Gasteiger charge is -2.16. The summed E-state index contributed by atoms with van der Waals surface area (Å²) in [5.41, 5.74) is 1.56. The van der Waals surface area contributed by atoms with E-state index in [1.54, 1.807) is 24.4 Å². The van der Waals surface area contributed by atoms with Crippen LogP contribution in [0.25, 0.3) is 0 Å². The van der Waals surface area contributed by atoms with Gasteiger partial charge in [-0.15, -0.1) is 0 Å². The minimum absolute atomic E-state index is 0.00189. The van der Waals surface area contributed by atoms with E-state index in [1.165, 1.54) is 13.3 Å². The van der Waals surface area contributed by atoms with Crippen LogP contribution in [0, 0.1) is 18.3 Å². The van der Waals surface area contributed by atoms with E-state index in [0.29, 0.717) is 29.2 Å². The lowest BCUT2D eigenvalue weighted by atomic mass is 10.2. The average molecular weight is 352 g/mol. The number of nitriles is 1. The van der Waals surface area contributed by atoms with Crippen LogP contribution in [0.3, 0.4) is 0 Å². The van der Waals surface area contributed by atoms with E-state index < -0.39 is 0 Å². The van der Waals surface area contributed by atoms with E-state index in [9.17, 15) is 4.79 Å². The first kappa shape index (κ1) is 17.7. The van der Waals surface area contributed by atoms with Gasteiger partial charge in [0, 0.05) is 24.7 Å². The standard InChI is InChI=1S/C19H20N4O3/c1-12-10-22-17(11-21-12)19(24)23-14-4-6-15(7-14)26-16-5-3-13(9-20)18(8-16)25-2/h3,5,8,10-11,14-15H,4,6-7H2,1-2H3,(H,23,24)/t14-,15+/m1/s1. The monoisotopic (exact) mass is 352 g/mol. The number of aryl methyl sites for hydroxylation is 1. The van der Waals surface area contributed by atoms with E-state index in [4.69, 9.17) is 14.7 Å². The number of hydrogen-bond donors (Lipinski definition) is 1. The van der Waals surface area contributed by atoms with Crippen LogP contribution in [-0.2, 0) is 0 Å². The maximum atomic E-state index is 12.2. The average Bonchev–Trinajstić information content (AvgIpc) is 3.08. The molecule has 1 fully saturated rings. The van der Waals surface area contributed by atoms with Crippen molar-refractivity contribution in [1.82, 2.24) is 15.3 Å². The molecule has 0 spiro atoms. The molecule has 3 rings (SSSR count).